The van der Waals surface area contributed by atoms with E-state index in [1.54, 1.807) is 29.1 Å². The third kappa shape index (κ3) is 4.69. The van der Waals surface area contributed by atoms with Crippen LogP contribution >= 0.6 is 35.4 Å². The van der Waals surface area contributed by atoms with Gasteiger partial charge in [0, 0.05) is 28.4 Å². The Morgan fingerprint density at radius 1 is 1.08 bits per heavy atom. The van der Waals surface area contributed by atoms with Crippen LogP contribution < -0.4 is 10.6 Å². The lowest BCUT2D eigenvalue weighted by Gasteiger charge is -2.09. The highest BCUT2D eigenvalue weighted by molar-refractivity contribution is 7.80. The fourth-order valence-corrected chi connectivity index (χ4v) is 2.88. The van der Waals surface area contributed by atoms with E-state index in [2.05, 4.69) is 15.7 Å². The first-order valence-corrected chi connectivity index (χ1v) is 8.57. The van der Waals surface area contributed by atoms with Crippen LogP contribution in [0.15, 0.2) is 48.7 Å². The Hall–Kier alpha value is -2.22. The molecule has 9 heteroatoms. The smallest absolute Gasteiger partial charge is 0.176 e. The highest BCUT2D eigenvalue weighted by Crippen LogP contribution is 2.22. The molecule has 1 heterocycles. The monoisotopic (exact) mass is 412 g/mol. The van der Waals surface area contributed by atoms with Gasteiger partial charge in [0.05, 0.1) is 12.2 Å². The summed E-state index contributed by atoms with van der Waals surface area (Å²) in [5.74, 6) is -0.932. The molecule has 3 rings (SSSR count). The molecular formula is C17H12Cl2F2N4S. The Labute approximate surface area is 163 Å². The second-order valence-electron chi connectivity index (χ2n) is 5.34. The number of aromatic nitrogens is 2. The first-order valence-electron chi connectivity index (χ1n) is 7.41. The fourth-order valence-electron chi connectivity index (χ4n) is 2.20. The summed E-state index contributed by atoms with van der Waals surface area (Å²) in [6, 6.07) is 10.1. The molecule has 0 fully saturated rings. The molecule has 0 bridgehead atoms. The van der Waals surface area contributed by atoms with Gasteiger partial charge in [-0.2, -0.15) is 5.10 Å². The zero-order valence-electron chi connectivity index (χ0n) is 13.1. The Balaban J connectivity index is 1.63. The van der Waals surface area contributed by atoms with Crippen LogP contribution in [0.4, 0.5) is 20.3 Å². The molecule has 2 aromatic carbocycles. The third-order valence-corrected chi connectivity index (χ3v) is 4.20. The van der Waals surface area contributed by atoms with Crippen molar-refractivity contribution in [1.82, 2.24) is 9.78 Å². The van der Waals surface area contributed by atoms with Gasteiger partial charge in [-0.05, 0) is 42.0 Å². The summed E-state index contributed by atoms with van der Waals surface area (Å²) in [6.45, 7) is 0.449. The first-order chi connectivity index (χ1) is 12.4. The highest BCUT2D eigenvalue weighted by Gasteiger charge is 2.08. The van der Waals surface area contributed by atoms with Crippen LogP contribution in [0.25, 0.3) is 0 Å². The van der Waals surface area contributed by atoms with Crippen LogP contribution in [-0.4, -0.2) is 14.9 Å². The van der Waals surface area contributed by atoms with Gasteiger partial charge in [-0.25, -0.2) is 8.78 Å². The number of rotatable bonds is 4. The molecule has 26 heavy (non-hydrogen) atoms. The van der Waals surface area contributed by atoms with Crippen molar-refractivity contribution in [3.63, 3.8) is 0 Å². The van der Waals surface area contributed by atoms with E-state index in [9.17, 15) is 8.78 Å². The molecule has 0 atom stereocenters. The molecule has 0 saturated heterocycles. The number of nitrogens with one attached hydrogen (secondary N) is 2. The number of hydrogen-bond donors (Lipinski definition) is 2. The molecule has 3 aromatic rings. The maximum absolute atomic E-state index is 13.6. The Kier molecular flexibility index (Phi) is 5.70. The second kappa shape index (κ2) is 7.99. The van der Waals surface area contributed by atoms with Gasteiger partial charge in [0.15, 0.2) is 10.9 Å². The van der Waals surface area contributed by atoms with E-state index in [-0.39, 0.29) is 10.8 Å². The highest BCUT2D eigenvalue weighted by atomic mass is 35.5. The molecule has 4 nitrogen and oxygen atoms in total. The van der Waals surface area contributed by atoms with Gasteiger partial charge in [-0.1, -0.05) is 29.3 Å². The summed E-state index contributed by atoms with van der Waals surface area (Å²) in [5.41, 5.74) is 0.927. The van der Waals surface area contributed by atoms with Gasteiger partial charge in [0.25, 0.3) is 0 Å². The lowest BCUT2D eigenvalue weighted by Crippen LogP contribution is -2.20. The van der Waals surface area contributed by atoms with Crippen molar-refractivity contribution in [2.45, 2.75) is 6.54 Å². The summed E-state index contributed by atoms with van der Waals surface area (Å²) in [7, 11) is 0. The predicted octanol–water partition coefficient (Wildman–Crippen LogP) is 5.33. The zero-order chi connectivity index (χ0) is 18.7. The zero-order valence-corrected chi connectivity index (χ0v) is 15.5. The number of hydrogen-bond acceptors (Lipinski definition) is 2. The van der Waals surface area contributed by atoms with Crippen molar-refractivity contribution in [1.29, 1.82) is 0 Å². The number of benzene rings is 2. The quantitative estimate of drug-likeness (QED) is 0.568. The van der Waals surface area contributed by atoms with Crippen LogP contribution in [0.1, 0.15) is 5.56 Å². The summed E-state index contributed by atoms with van der Waals surface area (Å²) in [6.07, 6.45) is 1.74. The van der Waals surface area contributed by atoms with Gasteiger partial charge >= 0.3 is 0 Å². The second-order valence-corrected chi connectivity index (χ2v) is 6.59. The molecule has 0 spiro atoms. The molecule has 0 aliphatic heterocycles. The van der Waals surface area contributed by atoms with Crippen LogP contribution in [0.5, 0.6) is 0 Å². The van der Waals surface area contributed by atoms with E-state index in [4.69, 9.17) is 35.4 Å². The first kappa shape index (κ1) is 18.6. The maximum atomic E-state index is 13.6. The Bertz CT molecular complexity index is 962. The molecule has 0 saturated carbocycles. The minimum atomic E-state index is -0.739. The SMILES string of the molecule is Fc1ccc(NC(=S)Nc2ccn(Cc3ccc(Cl)cc3Cl)n2)c(F)c1. The van der Waals surface area contributed by atoms with E-state index in [1.807, 2.05) is 6.07 Å². The van der Waals surface area contributed by atoms with Crippen molar-refractivity contribution >= 4 is 52.0 Å². The number of halogens is 4. The molecule has 0 aliphatic carbocycles. The fraction of sp³-hybridized carbons (Fsp3) is 0.0588. The minimum Gasteiger partial charge on any atom is -0.330 e. The topological polar surface area (TPSA) is 41.9 Å². The minimum absolute atomic E-state index is 0.0660. The molecule has 134 valence electrons. The van der Waals surface area contributed by atoms with E-state index in [0.29, 0.717) is 22.4 Å². The van der Waals surface area contributed by atoms with Crippen LogP contribution in [0, 0.1) is 11.6 Å². The molecule has 0 amide bonds. The van der Waals surface area contributed by atoms with Gasteiger partial charge in [0.1, 0.15) is 11.6 Å². The maximum Gasteiger partial charge on any atom is 0.176 e. The molecule has 2 N–H and O–H groups in total. The average molecular weight is 413 g/mol. The van der Waals surface area contributed by atoms with Gasteiger partial charge in [-0.15, -0.1) is 0 Å². The summed E-state index contributed by atoms with van der Waals surface area (Å²) in [5, 5.41) is 11.0. The Morgan fingerprint density at radius 2 is 1.88 bits per heavy atom. The van der Waals surface area contributed by atoms with Crippen molar-refractivity contribution in [2.75, 3.05) is 10.6 Å². The third-order valence-electron chi connectivity index (χ3n) is 3.41. The molecular weight excluding hydrogens is 401 g/mol. The van der Waals surface area contributed by atoms with E-state index in [1.165, 1.54) is 6.07 Å². The van der Waals surface area contributed by atoms with E-state index in [0.717, 1.165) is 17.7 Å². The van der Waals surface area contributed by atoms with Gasteiger partial charge in [0.2, 0.25) is 0 Å². The van der Waals surface area contributed by atoms with Crippen molar-refractivity contribution in [2.24, 2.45) is 0 Å². The summed E-state index contributed by atoms with van der Waals surface area (Å²) >= 11 is 17.2. The van der Waals surface area contributed by atoms with Crippen LogP contribution in [0.2, 0.25) is 10.0 Å². The Morgan fingerprint density at radius 3 is 2.62 bits per heavy atom. The number of thiocarbonyl (C=S) groups is 1. The standard InChI is InChI=1S/C17H12Cl2F2N4S/c18-11-2-1-10(13(19)7-11)9-25-6-5-16(24-25)23-17(26)22-15-4-3-12(20)8-14(15)21/h1-8H,9H2,(H2,22,23,24,26). The van der Waals surface area contributed by atoms with Crippen LogP contribution in [-0.2, 0) is 6.54 Å². The van der Waals surface area contributed by atoms with Crippen molar-refractivity contribution in [3.8, 4) is 0 Å². The summed E-state index contributed by atoms with van der Waals surface area (Å²) < 4.78 is 28.2. The van der Waals surface area contributed by atoms with Crippen LogP contribution in [0.3, 0.4) is 0 Å². The van der Waals surface area contributed by atoms with E-state index >= 15 is 0 Å². The molecule has 0 unspecified atom stereocenters. The van der Waals surface area contributed by atoms with E-state index < -0.39 is 11.6 Å². The number of nitrogens with zero attached hydrogens (tertiary/aromatic N) is 2. The summed E-state index contributed by atoms with van der Waals surface area (Å²) in [4.78, 5) is 0. The predicted molar refractivity (Wildman–Crippen MR) is 104 cm³/mol. The molecule has 1 aromatic heterocycles. The lowest BCUT2D eigenvalue weighted by atomic mass is 10.2. The van der Waals surface area contributed by atoms with Crippen molar-refractivity contribution in [3.05, 3.63) is 75.9 Å². The van der Waals surface area contributed by atoms with Gasteiger partial charge < -0.3 is 10.6 Å². The number of anilines is 2. The normalized spacial score (nSPS) is 10.6. The van der Waals surface area contributed by atoms with Crippen molar-refractivity contribution < 1.29 is 8.78 Å². The lowest BCUT2D eigenvalue weighted by molar-refractivity contribution is 0.586. The largest absolute Gasteiger partial charge is 0.330 e. The molecule has 0 aliphatic rings. The average Bonchev–Trinajstić information content (AvgIpc) is 3.00. The molecule has 0 radical (unpaired) electrons. The van der Waals surface area contributed by atoms with Gasteiger partial charge in [-0.3, -0.25) is 4.68 Å².